The third kappa shape index (κ3) is 2.72. The zero-order valence-corrected chi connectivity index (χ0v) is 16.1. The number of aryl methyl sites for hydroxylation is 2. The van der Waals surface area contributed by atoms with E-state index in [4.69, 9.17) is 14.8 Å². The van der Waals surface area contributed by atoms with Gasteiger partial charge in [0.25, 0.3) is 0 Å². The SMILES string of the molecule is CCn1nc(C2CC2c2ccnc(OC)n2)cc1-c1ccn2ncc(C)c2n1. The van der Waals surface area contributed by atoms with Crippen LogP contribution in [0.2, 0.25) is 0 Å². The summed E-state index contributed by atoms with van der Waals surface area (Å²) in [6.07, 6.45) is 6.57. The number of hydrogen-bond acceptors (Lipinski definition) is 6. The first-order chi connectivity index (χ1) is 13.7. The van der Waals surface area contributed by atoms with Crippen LogP contribution in [0.3, 0.4) is 0 Å². The summed E-state index contributed by atoms with van der Waals surface area (Å²) < 4.78 is 8.97. The molecule has 0 amide bonds. The molecule has 1 fully saturated rings. The molecule has 142 valence electrons. The molecule has 0 N–H and O–H groups in total. The Morgan fingerprint density at radius 2 is 2.04 bits per heavy atom. The van der Waals surface area contributed by atoms with Gasteiger partial charge in [0.2, 0.25) is 0 Å². The Balaban J connectivity index is 1.47. The Bertz CT molecular complexity index is 1160. The lowest BCUT2D eigenvalue weighted by Gasteiger charge is -2.04. The van der Waals surface area contributed by atoms with Crippen molar-refractivity contribution in [3.8, 4) is 17.4 Å². The van der Waals surface area contributed by atoms with Crippen LogP contribution in [-0.2, 0) is 6.54 Å². The second-order valence-electron chi connectivity index (χ2n) is 7.10. The molecule has 4 heterocycles. The molecule has 28 heavy (non-hydrogen) atoms. The third-order valence-corrected chi connectivity index (χ3v) is 5.29. The van der Waals surface area contributed by atoms with Gasteiger partial charge in [0.05, 0.1) is 36.1 Å². The molecule has 0 bridgehead atoms. The van der Waals surface area contributed by atoms with Gasteiger partial charge in [-0.2, -0.15) is 15.2 Å². The standard InChI is InChI=1S/C20H21N7O/c1-4-26-18(16-6-8-27-19(23-16)12(2)11-22-27)10-17(25-26)14-9-13(14)15-5-7-21-20(24-15)28-3/h5-8,10-11,13-14H,4,9H2,1-3H3. The molecule has 1 aliphatic carbocycles. The first-order valence-electron chi connectivity index (χ1n) is 9.44. The van der Waals surface area contributed by atoms with Crippen LogP contribution in [-0.4, -0.2) is 41.5 Å². The van der Waals surface area contributed by atoms with E-state index in [1.54, 1.807) is 17.8 Å². The summed E-state index contributed by atoms with van der Waals surface area (Å²) in [4.78, 5) is 13.4. The van der Waals surface area contributed by atoms with E-state index in [1.807, 2.05) is 36.1 Å². The van der Waals surface area contributed by atoms with Gasteiger partial charge in [-0.15, -0.1) is 0 Å². The molecule has 0 radical (unpaired) electrons. The first kappa shape index (κ1) is 16.9. The van der Waals surface area contributed by atoms with Crippen molar-refractivity contribution in [2.24, 2.45) is 0 Å². The summed E-state index contributed by atoms with van der Waals surface area (Å²) in [7, 11) is 1.59. The molecule has 8 nitrogen and oxygen atoms in total. The number of rotatable bonds is 5. The second-order valence-corrected chi connectivity index (χ2v) is 7.10. The van der Waals surface area contributed by atoms with Crippen molar-refractivity contribution < 1.29 is 4.74 Å². The molecular weight excluding hydrogens is 354 g/mol. The van der Waals surface area contributed by atoms with Crippen LogP contribution in [0.15, 0.2) is 36.8 Å². The second kappa shape index (κ2) is 6.40. The summed E-state index contributed by atoms with van der Waals surface area (Å²) in [6.45, 7) is 4.91. The molecule has 0 spiro atoms. The molecule has 1 aliphatic rings. The van der Waals surface area contributed by atoms with E-state index in [9.17, 15) is 0 Å². The van der Waals surface area contributed by atoms with E-state index in [2.05, 4.69) is 28.1 Å². The smallest absolute Gasteiger partial charge is 0.316 e. The zero-order valence-electron chi connectivity index (χ0n) is 16.1. The first-order valence-corrected chi connectivity index (χ1v) is 9.44. The van der Waals surface area contributed by atoms with E-state index < -0.39 is 0 Å². The Morgan fingerprint density at radius 1 is 1.18 bits per heavy atom. The van der Waals surface area contributed by atoms with Crippen molar-refractivity contribution >= 4 is 5.65 Å². The molecule has 0 saturated heterocycles. The minimum Gasteiger partial charge on any atom is -0.467 e. The highest BCUT2D eigenvalue weighted by Gasteiger charge is 2.43. The summed E-state index contributed by atoms with van der Waals surface area (Å²) in [5, 5.41) is 9.16. The van der Waals surface area contributed by atoms with Gasteiger partial charge in [0, 0.05) is 36.3 Å². The maximum atomic E-state index is 5.15. The maximum Gasteiger partial charge on any atom is 0.316 e. The van der Waals surface area contributed by atoms with E-state index in [1.165, 1.54) is 0 Å². The Kier molecular flexibility index (Phi) is 3.85. The van der Waals surface area contributed by atoms with Gasteiger partial charge in [0.1, 0.15) is 0 Å². The average molecular weight is 375 g/mol. The summed E-state index contributed by atoms with van der Waals surface area (Å²) >= 11 is 0. The van der Waals surface area contributed by atoms with Crippen LogP contribution in [0.5, 0.6) is 6.01 Å². The zero-order chi connectivity index (χ0) is 19.3. The van der Waals surface area contributed by atoms with Crippen LogP contribution >= 0.6 is 0 Å². The fraction of sp³-hybridized carbons (Fsp3) is 0.350. The van der Waals surface area contributed by atoms with Crippen molar-refractivity contribution in [1.29, 1.82) is 0 Å². The Hall–Kier alpha value is -3.29. The van der Waals surface area contributed by atoms with Crippen LogP contribution < -0.4 is 4.74 Å². The maximum absolute atomic E-state index is 5.15. The monoisotopic (exact) mass is 375 g/mol. The molecule has 0 aromatic carbocycles. The van der Waals surface area contributed by atoms with E-state index in [0.717, 1.165) is 47.0 Å². The van der Waals surface area contributed by atoms with Crippen molar-refractivity contribution in [3.05, 3.63) is 53.7 Å². The lowest BCUT2D eigenvalue weighted by Crippen LogP contribution is -2.02. The van der Waals surface area contributed by atoms with Gasteiger partial charge < -0.3 is 4.74 Å². The Labute approximate surface area is 162 Å². The predicted octanol–water partition coefficient (Wildman–Crippen LogP) is 2.99. The van der Waals surface area contributed by atoms with Crippen molar-refractivity contribution in [2.45, 2.75) is 38.6 Å². The van der Waals surface area contributed by atoms with Gasteiger partial charge >= 0.3 is 6.01 Å². The predicted molar refractivity (Wildman–Crippen MR) is 103 cm³/mol. The molecule has 2 atom stereocenters. The quantitative estimate of drug-likeness (QED) is 0.533. The highest BCUT2D eigenvalue weighted by atomic mass is 16.5. The molecule has 1 saturated carbocycles. The van der Waals surface area contributed by atoms with Gasteiger partial charge in [-0.1, -0.05) is 0 Å². The number of nitrogens with zero attached hydrogens (tertiary/aromatic N) is 7. The largest absolute Gasteiger partial charge is 0.467 e. The van der Waals surface area contributed by atoms with Gasteiger partial charge in [-0.25, -0.2) is 14.5 Å². The van der Waals surface area contributed by atoms with Gasteiger partial charge in [-0.05, 0) is 38.5 Å². The third-order valence-electron chi connectivity index (χ3n) is 5.29. The van der Waals surface area contributed by atoms with Crippen LogP contribution in [0.4, 0.5) is 0 Å². The van der Waals surface area contributed by atoms with Crippen molar-refractivity contribution in [2.75, 3.05) is 7.11 Å². The fourth-order valence-corrected chi connectivity index (χ4v) is 3.70. The lowest BCUT2D eigenvalue weighted by molar-refractivity contribution is 0.378. The highest BCUT2D eigenvalue weighted by molar-refractivity contribution is 5.60. The molecule has 5 rings (SSSR count). The molecular formula is C20H21N7O. The van der Waals surface area contributed by atoms with Gasteiger partial charge in [0.15, 0.2) is 5.65 Å². The van der Waals surface area contributed by atoms with Crippen molar-refractivity contribution in [1.82, 2.24) is 34.3 Å². The average Bonchev–Trinajstić information content (AvgIpc) is 3.29. The molecule has 4 aromatic rings. The topological polar surface area (TPSA) is 83.0 Å². The molecule has 2 unspecified atom stereocenters. The van der Waals surface area contributed by atoms with Gasteiger partial charge in [-0.3, -0.25) is 4.68 Å². The van der Waals surface area contributed by atoms with E-state index in [0.29, 0.717) is 17.8 Å². The number of aromatic nitrogens is 7. The number of methoxy groups -OCH3 is 1. The number of fused-ring (bicyclic) bond motifs is 1. The molecule has 4 aromatic heterocycles. The minimum atomic E-state index is 0.359. The van der Waals surface area contributed by atoms with Crippen LogP contribution in [0.1, 0.15) is 42.1 Å². The Morgan fingerprint density at radius 3 is 2.86 bits per heavy atom. The van der Waals surface area contributed by atoms with Crippen LogP contribution in [0.25, 0.3) is 17.0 Å². The highest BCUT2D eigenvalue weighted by Crippen LogP contribution is 2.54. The van der Waals surface area contributed by atoms with Crippen molar-refractivity contribution in [3.63, 3.8) is 0 Å². The summed E-state index contributed by atoms with van der Waals surface area (Å²) in [5.41, 5.74) is 5.99. The lowest BCUT2D eigenvalue weighted by atomic mass is 10.1. The van der Waals surface area contributed by atoms with E-state index >= 15 is 0 Å². The molecule has 8 heteroatoms. The number of ether oxygens (including phenoxy) is 1. The molecule has 0 aliphatic heterocycles. The minimum absolute atomic E-state index is 0.359. The van der Waals surface area contributed by atoms with E-state index in [-0.39, 0.29) is 0 Å². The summed E-state index contributed by atoms with van der Waals surface area (Å²) in [6, 6.07) is 6.53. The summed E-state index contributed by atoms with van der Waals surface area (Å²) in [5.74, 6) is 0.726. The normalized spacial score (nSPS) is 18.5. The number of hydrogen-bond donors (Lipinski definition) is 0. The van der Waals surface area contributed by atoms with Crippen LogP contribution in [0, 0.1) is 6.92 Å². The fourth-order valence-electron chi connectivity index (χ4n) is 3.70.